The Morgan fingerprint density at radius 3 is 3.21 bits per heavy atom. The van der Waals surface area contributed by atoms with Crippen molar-refractivity contribution in [2.24, 2.45) is 0 Å². The Kier molecular flexibility index (Phi) is 2.77. The summed E-state index contributed by atoms with van der Waals surface area (Å²) in [6.07, 6.45) is 1.14. The van der Waals surface area contributed by atoms with Gasteiger partial charge in [-0.3, -0.25) is 0 Å². The molecule has 2 rings (SSSR count). The summed E-state index contributed by atoms with van der Waals surface area (Å²) < 4.78 is 0. The van der Waals surface area contributed by atoms with Crippen molar-refractivity contribution in [1.82, 2.24) is 4.98 Å². The molecule has 1 aliphatic heterocycles. The molecule has 2 heterocycles. The normalized spacial score (nSPS) is 15.7. The molecule has 0 saturated carbocycles. The summed E-state index contributed by atoms with van der Waals surface area (Å²) in [6, 6.07) is 3.88. The highest BCUT2D eigenvalue weighted by atomic mass is 35.5. The van der Waals surface area contributed by atoms with Gasteiger partial charge in [0.1, 0.15) is 5.15 Å². The average Bonchev–Trinajstić information content (AvgIpc) is 2.38. The summed E-state index contributed by atoms with van der Waals surface area (Å²) in [6.45, 7) is 5.22. The Balaban J connectivity index is 2.39. The van der Waals surface area contributed by atoms with Crippen LogP contribution in [0.25, 0.3) is 0 Å². The molecular formula is C10H14ClN3. The minimum absolute atomic E-state index is 0.550. The van der Waals surface area contributed by atoms with Crippen LogP contribution in [0.15, 0.2) is 12.1 Å². The first-order chi connectivity index (χ1) is 6.81. The van der Waals surface area contributed by atoms with Crippen molar-refractivity contribution < 1.29 is 0 Å². The number of rotatable bonds is 1. The van der Waals surface area contributed by atoms with Gasteiger partial charge < -0.3 is 10.2 Å². The van der Waals surface area contributed by atoms with Crippen molar-refractivity contribution in [3.8, 4) is 0 Å². The molecule has 0 fully saturated rings. The SMILES string of the molecule is CCN1CCCNc2nc(Cl)ccc21. The third-order valence-electron chi connectivity index (χ3n) is 2.46. The number of pyridine rings is 1. The lowest BCUT2D eigenvalue weighted by molar-refractivity contribution is 0.786. The highest BCUT2D eigenvalue weighted by molar-refractivity contribution is 6.29. The van der Waals surface area contributed by atoms with E-state index in [1.54, 1.807) is 0 Å². The second-order valence-electron chi connectivity index (χ2n) is 3.36. The molecule has 0 saturated heterocycles. The summed E-state index contributed by atoms with van der Waals surface area (Å²) in [4.78, 5) is 6.60. The Labute approximate surface area is 89.1 Å². The van der Waals surface area contributed by atoms with Crippen molar-refractivity contribution in [1.29, 1.82) is 0 Å². The van der Waals surface area contributed by atoms with Crippen LogP contribution < -0.4 is 10.2 Å². The van der Waals surface area contributed by atoms with E-state index in [0.29, 0.717) is 5.15 Å². The maximum Gasteiger partial charge on any atom is 0.151 e. The minimum Gasteiger partial charge on any atom is -0.369 e. The van der Waals surface area contributed by atoms with Crippen LogP contribution >= 0.6 is 11.6 Å². The molecule has 0 unspecified atom stereocenters. The second-order valence-corrected chi connectivity index (χ2v) is 3.75. The average molecular weight is 212 g/mol. The van der Waals surface area contributed by atoms with Crippen LogP contribution in [-0.2, 0) is 0 Å². The Morgan fingerprint density at radius 2 is 2.43 bits per heavy atom. The van der Waals surface area contributed by atoms with Crippen LogP contribution in [0.1, 0.15) is 13.3 Å². The van der Waals surface area contributed by atoms with E-state index in [1.165, 1.54) is 0 Å². The molecule has 4 heteroatoms. The zero-order valence-corrected chi connectivity index (χ0v) is 9.01. The molecule has 0 radical (unpaired) electrons. The molecule has 0 aliphatic carbocycles. The Hall–Kier alpha value is -0.960. The van der Waals surface area contributed by atoms with Gasteiger partial charge in [0, 0.05) is 19.6 Å². The van der Waals surface area contributed by atoms with Crippen LogP contribution in [0.4, 0.5) is 11.5 Å². The van der Waals surface area contributed by atoms with Crippen LogP contribution in [0.5, 0.6) is 0 Å². The van der Waals surface area contributed by atoms with Gasteiger partial charge in [-0.1, -0.05) is 11.6 Å². The predicted molar refractivity (Wildman–Crippen MR) is 60.2 cm³/mol. The van der Waals surface area contributed by atoms with Crippen LogP contribution in [0, 0.1) is 0 Å². The molecule has 0 spiro atoms. The summed E-state index contributed by atoms with van der Waals surface area (Å²) in [5.74, 6) is 0.914. The lowest BCUT2D eigenvalue weighted by Gasteiger charge is -2.21. The zero-order valence-electron chi connectivity index (χ0n) is 8.26. The number of halogens is 1. The Morgan fingerprint density at radius 1 is 1.57 bits per heavy atom. The van der Waals surface area contributed by atoms with Gasteiger partial charge in [0.15, 0.2) is 5.82 Å². The molecule has 0 bridgehead atoms. The molecule has 1 N–H and O–H groups in total. The van der Waals surface area contributed by atoms with E-state index in [-0.39, 0.29) is 0 Å². The van der Waals surface area contributed by atoms with Gasteiger partial charge in [0.25, 0.3) is 0 Å². The molecule has 0 aromatic carbocycles. The minimum atomic E-state index is 0.550. The number of aromatic nitrogens is 1. The molecular weight excluding hydrogens is 198 g/mol. The second kappa shape index (κ2) is 4.05. The fraction of sp³-hybridized carbons (Fsp3) is 0.500. The van der Waals surface area contributed by atoms with Gasteiger partial charge in [-0.25, -0.2) is 4.98 Å². The number of hydrogen-bond acceptors (Lipinski definition) is 3. The molecule has 0 atom stereocenters. The lowest BCUT2D eigenvalue weighted by Crippen LogP contribution is -2.23. The molecule has 3 nitrogen and oxygen atoms in total. The molecule has 0 amide bonds. The molecule has 1 aromatic rings. The summed E-state index contributed by atoms with van der Waals surface area (Å²) in [5, 5.41) is 3.84. The standard InChI is InChI=1S/C10H14ClN3/c1-2-14-7-3-6-12-10-8(14)4-5-9(11)13-10/h4-5H,2-3,6-7H2,1H3,(H,12,13). The highest BCUT2D eigenvalue weighted by Gasteiger charge is 2.14. The van der Waals surface area contributed by atoms with Crippen molar-refractivity contribution in [3.05, 3.63) is 17.3 Å². The van der Waals surface area contributed by atoms with Gasteiger partial charge in [0.05, 0.1) is 5.69 Å². The first-order valence-electron chi connectivity index (χ1n) is 4.96. The fourth-order valence-corrected chi connectivity index (χ4v) is 1.89. The third-order valence-corrected chi connectivity index (χ3v) is 2.67. The van der Waals surface area contributed by atoms with Crippen molar-refractivity contribution in [2.45, 2.75) is 13.3 Å². The number of fused-ring (bicyclic) bond motifs is 1. The number of hydrogen-bond donors (Lipinski definition) is 1. The Bertz CT molecular complexity index is 327. The highest BCUT2D eigenvalue weighted by Crippen LogP contribution is 2.27. The number of anilines is 2. The van der Waals surface area contributed by atoms with E-state index >= 15 is 0 Å². The largest absolute Gasteiger partial charge is 0.369 e. The van der Waals surface area contributed by atoms with Gasteiger partial charge in [-0.2, -0.15) is 0 Å². The maximum absolute atomic E-state index is 5.85. The fourth-order valence-electron chi connectivity index (χ4n) is 1.74. The summed E-state index contributed by atoms with van der Waals surface area (Å²) in [5.41, 5.74) is 1.16. The van der Waals surface area contributed by atoms with Crippen molar-refractivity contribution >= 4 is 23.1 Å². The molecule has 14 heavy (non-hydrogen) atoms. The van der Waals surface area contributed by atoms with Crippen LogP contribution in [0.3, 0.4) is 0 Å². The van der Waals surface area contributed by atoms with Crippen LogP contribution in [-0.4, -0.2) is 24.6 Å². The van der Waals surface area contributed by atoms with Crippen LogP contribution in [0.2, 0.25) is 5.15 Å². The number of nitrogens with zero attached hydrogens (tertiary/aromatic N) is 2. The molecule has 1 aliphatic rings. The quantitative estimate of drug-likeness (QED) is 0.723. The van der Waals surface area contributed by atoms with Gasteiger partial charge >= 0.3 is 0 Å². The van der Waals surface area contributed by atoms with E-state index in [0.717, 1.165) is 37.6 Å². The lowest BCUT2D eigenvalue weighted by atomic mass is 10.3. The molecule has 76 valence electrons. The van der Waals surface area contributed by atoms with Gasteiger partial charge in [-0.05, 0) is 25.5 Å². The topological polar surface area (TPSA) is 28.2 Å². The van der Waals surface area contributed by atoms with Crippen molar-refractivity contribution in [3.63, 3.8) is 0 Å². The van der Waals surface area contributed by atoms with Gasteiger partial charge in [-0.15, -0.1) is 0 Å². The predicted octanol–water partition coefficient (Wildman–Crippen LogP) is 2.38. The first-order valence-corrected chi connectivity index (χ1v) is 5.34. The summed E-state index contributed by atoms with van der Waals surface area (Å²) in [7, 11) is 0. The van der Waals surface area contributed by atoms with Gasteiger partial charge in [0.2, 0.25) is 0 Å². The zero-order chi connectivity index (χ0) is 9.97. The first kappa shape index (κ1) is 9.59. The third kappa shape index (κ3) is 1.77. The van der Waals surface area contributed by atoms with Crippen molar-refractivity contribution in [2.75, 3.05) is 29.9 Å². The van der Waals surface area contributed by atoms with E-state index in [9.17, 15) is 0 Å². The van der Waals surface area contributed by atoms with E-state index in [4.69, 9.17) is 11.6 Å². The summed E-state index contributed by atoms with van der Waals surface area (Å²) >= 11 is 5.85. The van der Waals surface area contributed by atoms with E-state index in [2.05, 4.69) is 22.1 Å². The van der Waals surface area contributed by atoms with E-state index in [1.807, 2.05) is 12.1 Å². The molecule has 1 aromatic heterocycles. The maximum atomic E-state index is 5.85. The van der Waals surface area contributed by atoms with E-state index < -0.39 is 0 Å². The smallest absolute Gasteiger partial charge is 0.151 e. The monoisotopic (exact) mass is 211 g/mol. The number of nitrogens with one attached hydrogen (secondary N) is 1.